The molecule has 2 rings (SSSR count). The van der Waals surface area contributed by atoms with Crippen molar-refractivity contribution in [2.24, 2.45) is 0 Å². The highest BCUT2D eigenvalue weighted by Gasteiger charge is 2.14. The van der Waals surface area contributed by atoms with E-state index in [0.29, 0.717) is 23.7 Å². The fourth-order valence-corrected chi connectivity index (χ4v) is 1.86. The summed E-state index contributed by atoms with van der Waals surface area (Å²) in [6, 6.07) is 14.8. The fourth-order valence-electron chi connectivity index (χ4n) is 1.86. The molecule has 0 aliphatic rings. The highest BCUT2D eigenvalue weighted by Crippen LogP contribution is 2.25. The Bertz CT molecular complexity index is 610. The van der Waals surface area contributed by atoms with Crippen LogP contribution in [-0.4, -0.2) is 27.0 Å². The zero-order valence-electron chi connectivity index (χ0n) is 12.6. The van der Waals surface area contributed by atoms with Crippen LogP contribution in [0.1, 0.15) is 15.9 Å². The highest BCUT2D eigenvalue weighted by molar-refractivity contribution is 5.92. The van der Waals surface area contributed by atoms with Crippen LogP contribution in [0.5, 0.6) is 11.5 Å². The Hall–Kier alpha value is -2.53. The van der Waals surface area contributed by atoms with Gasteiger partial charge < -0.3 is 18.9 Å². The van der Waals surface area contributed by atoms with Gasteiger partial charge in [0.1, 0.15) is 23.7 Å². The first-order chi connectivity index (χ1) is 10.7. The minimum absolute atomic E-state index is 0.0498. The number of carbonyl (C=O) groups is 1. The lowest BCUT2D eigenvalue weighted by molar-refractivity contribution is 0.0464. The van der Waals surface area contributed by atoms with E-state index in [-0.39, 0.29) is 6.79 Å². The summed E-state index contributed by atoms with van der Waals surface area (Å²) in [6.45, 7) is 0.466. The van der Waals surface area contributed by atoms with Crippen LogP contribution in [0.25, 0.3) is 0 Å². The topological polar surface area (TPSA) is 54.0 Å². The number of benzene rings is 2. The molecule has 2 aromatic carbocycles. The summed E-state index contributed by atoms with van der Waals surface area (Å²) in [5.74, 6) is 0.464. The lowest BCUT2D eigenvalue weighted by atomic mass is 10.2. The van der Waals surface area contributed by atoms with Crippen molar-refractivity contribution in [1.29, 1.82) is 0 Å². The summed E-state index contributed by atoms with van der Waals surface area (Å²) in [5, 5.41) is 0. The number of hydrogen-bond donors (Lipinski definition) is 0. The van der Waals surface area contributed by atoms with Gasteiger partial charge in [-0.15, -0.1) is 0 Å². The van der Waals surface area contributed by atoms with Crippen molar-refractivity contribution in [2.75, 3.05) is 21.0 Å². The normalized spacial score (nSPS) is 10.1. The summed E-state index contributed by atoms with van der Waals surface area (Å²) in [6.07, 6.45) is 0. The van der Waals surface area contributed by atoms with Gasteiger partial charge in [0.2, 0.25) is 0 Å². The van der Waals surface area contributed by atoms with Gasteiger partial charge in [-0.25, -0.2) is 4.79 Å². The van der Waals surface area contributed by atoms with E-state index >= 15 is 0 Å². The minimum atomic E-state index is -0.490. The Kier molecular flexibility index (Phi) is 5.80. The van der Waals surface area contributed by atoms with Crippen LogP contribution in [0.2, 0.25) is 0 Å². The Balaban J connectivity index is 2.13. The van der Waals surface area contributed by atoms with Gasteiger partial charge in [0.15, 0.2) is 6.79 Å². The zero-order valence-corrected chi connectivity index (χ0v) is 12.6. The quantitative estimate of drug-likeness (QED) is 0.581. The second kappa shape index (κ2) is 8.05. The number of ether oxygens (including phenoxy) is 4. The molecule has 0 aromatic heterocycles. The summed E-state index contributed by atoms with van der Waals surface area (Å²) >= 11 is 0. The highest BCUT2D eigenvalue weighted by atomic mass is 16.7. The molecule has 0 fully saturated rings. The molecule has 0 unspecified atom stereocenters. The van der Waals surface area contributed by atoms with Gasteiger partial charge in [-0.05, 0) is 23.8 Å². The second-order valence-corrected chi connectivity index (χ2v) is 4.47. The maximum absolute atomic E-state index is 11.8. The van der Waals surface area contributed by atoms with Crippen LogP contribution in [0.4, 0.5) is 0 Å². The SMILES string of the molecule is COCOc1ccc(OCc2ccccc2)cc1C(=O)OC. The molecule has 0 bridgehead atoms. The predicted molar refractivity (Wildman–Crippen MR) is 81.1 cm³/mol. The van der Waals surface area contributed by atoms with Crippen LogP contribution in [-0.2, 0) is 16.1 Å². The maximum atomic E-state index is 11.8. The van der Waals surface area contributed by atoms with E-state index in [1.54, 1.807) is 18.2 Å². The van der Waals surface area contributed by atoms with Gasteiger partial charge in [0.25, 0.3) is 0 Å². The molecule has 0 radical (unpaired) electrons. The van der Waals surface area contributed by atoms with Crippen molar-refractivity contribution in [1.82, 2.24) is 0 Å². The van der Waals surface area contributed by atoms with Crippen molar-refractivity contribution >= 4 is 5.97 Å². The smallest absolute Gasteiger partial charge is 0.341 e. The molecule has 0 atom stereocenters. The molecule has 0 saturated heterocycles. The van der Waals surface area contributed by atoms with Crippen molar-refractivity contribution < 1.29 is 23.7 Å². The molecule has 5 heteroatoms. The third-order valence-corrected chi connectivity index (χ3v) is 2.94. The molecule has 0 aliphatic heterocycles. The minimum Gasteiger partial charge on any atom is -0.489 e. The molecular formula is C17H18O5. The van der Waals surface area contributed by atoms with E-state index < -0.39 is 5.97 Å². The van der Waals surface area contributed by atoms with Crippen LogP contribution in [0.15, 0.2) is 48.5 Å². The van der Waals surface area contributed by atoms with Gasteiger partial charge in [0.05, 0.1) is 7.11 Å². The first-order valence-electron chi connectivity index (χ1n) is 6.75. The van der Waals surface area contributed by atoms with Gasteiger partial charge >= 0.3 is 5.97 Å². The predicted octanol–water partition coefficient (Wildman–Crippen LogP) is 3.03. The van der Waals surface area contributed by atoms with E-state index in [0.717, 1.165) is 5.56 Å². The number of methoxy groups -OCH3 is 2. The molecule has 0 N–H and O–H groups in total. The lowest BCUT2D eigenvalue weighted by Gasteiger charge is -2.12. The summed E-state index contributed by atoms with van der Waals surface area (Å²) in [4.78, 5) is 11.8. The Morgan fingerprint density at radius 3 is 2.45 bits per heavy atom. The van der Waals surface area contributed by atoms with Gasteiger partial charge in [-0.3, -0.25) is 0 Å². The molecule has 0 aliphatic carbocycles. The standard InChI is InChI=1S/C17H18O5/c1-19-12-22-16-9-8-14(10-15(16)17(18)20-2)21-11-13-6-4-3-5-7-13/h3-10H,11-12H2,1-2H3. The molecule has 116 valence electrons. The number of esters is 1. The average molecular weight is 302 g/mol. The van der Waals surface area contributed by atoms with E-state index in [1.165, 1.54) is 14.2 Å². The first-order valence-corrected chi connectivity index (χ1v) is 6.75. The third kappa shape index (κ3) is 4.23. The Morgan fingerprint density at radius 1 is 1.00 bits per heavy atom. The largest absolute Gasteiger partial charge is 0.489 e. The van der Waals surface area contributed by atoms with E-state index in [9.17, 15) is 4.79 Å². The molecular weight excluding hydrogens is 284 g/mol. The maximum Gasteiger partial charge on any atom is 0.341 e. The summed E-state index contributed by atoms with van der Waals surface area (Å²) in [5.41, 5.74) is 1.34. The number of rotatable bonds is 7. The molecule has 0 heterocycles. The van der Waals surface area contributed by atoms with E-state index in [4.69, 9.17) is 18.9 Å². The van der Waals surface area contributed by atoms with Gasteiger partial charge in [-0.2, -0.15) is 0 Å². The third-order valence-electron chi connectivity index (χ3n) is 2.94. The van der Waals surface area contributed by atoms with Crippen LogP contribution in [0, 0.1) is 0 Å². The molecule has 2 aromatic rings. The fraction of sp³-hybridized carbons (Fsp3) is 0.235. The van der Waals surface area contributed by atoms with E-state index in [2.05, 4.69) is 0 Å². The molecule has 0 saturated carbocycles. The molecule has 0 spiro atoms. The molecule has 0 amide bonds. The Morgan fingerprint density at radius 2 is 1.77 bits per heavy atom. The molecule has 5 nitrogen and oxygen atoms in total. The number of hydrogen-bond acceptors (Lipinski definition) is 5. The van der Waals surface area contributed by atoms with Crippen LogP contribution >= 0.6 is 0 Å². The molecule has 22 heavy (non-hydrogen) atoms. The first kappa shape index (κ1) is 15.9. The zero-order chi connectivity index (χ0) is 15.8. The van der Waals surface area contributed by atoms with Gasteiger partial charge in [-0.1, -0.05) is 30.3 Å². The van der Waals surface area contributed by atoms with Gasteiger partial charge in [0, 0.05) is 7.11 Å². The average Bonchev–Trinajstić information content (AvgIpc) is 2.58. The second-order valence-electron chi connectivity index (χ2n) is 4.47. The lowest BCUT2D eigenvalue weighted by Crippen LogP contribution is -2.08. The van der Waals surface area contributed by atoms with Crippen molar-refractivity contribution in [3.63, 3.8) is 0 Å². The number of carbonyl (C=O) groups excluding carboxylic acids is 1. The monoisotopic (exact) mass is 302 g/mol. The van der Waals surface area contributed by atoms with Crippen LogP contribution in [0.3, 0.4) is 0 Å². The van der Waals surface area contributed by atoms with Crippen molar-refractivity contribution in [3.05, 3.63) is 59.7 Å². The van der Waals surface area contributed by atoms with E-state index in [1.807, 2.05) is 30.3 Å². The summed E-state index contributed by atoms with van der Waals surface area (Å²) < 4.78 is 20.6. The van der Waals surface area contributed by atoms with Crippen LogP contribution < -0.4 is 9.47 Å². The van der Waals surface area contributed by atoms with Crippen molar-refractivity contribution in [3.8, 4) is 11.5 Å². The summed E-state index contributed by atoms with van der Waals surface area (Å²) in [7, 11) is 2.83. The van der Waals surface area contributed by atoms with Crippen molar-refractivity contribution in [2.45, 2.75) is 6.61 Å². The Labute approximate surface area is 129 Å².